The van der Waals surface area contributed by atoms with Gasteiger partial charge in [-0.15, -0.1) is 0 Å². The van der Waals surface area contributed by atoms with Crippen molar-refractivity contribution in [2.75, 3.05) is 32.8 Å². The zero-order chi connectivity index (χ0) is 20.4. The monoisotopic (exact) mass is 390 g/mol. The van der Waals surface area contributed by atoms with E-state index in [0.717, 1.165) is 25.5 Å². The summed E-state index contributed by atoms with van der Waals surface area (Å²) in [5, 5.41) is 9.22. The van der Waals surface area contributed by atoms with Crippen LogP contribution in [0, 0.1) is 5.92 Å². The zero-order valence-electron chi connectivity index (χ0n) is 17.5. The van der Waals surface area contributed by atoms with Gasteiger partial charge in [0.25, 0.3) is 0 Å². The minimum atomic E-state index is -0.494. The highest BCUT2D eigenvalue weighted by molar-refractivity contribution is 5.79. The third-order valence-electron chi connectivity index (χ3n) is 4.26. The highest BCUT2D eigenvalue weighted by Gasteiger charge is 2.29. The Morgan fingerprint density at radius 3 is 2.57 bits per heavy atom. The number of carbonyl (C=O) groups is 1. The molecule has 7 nitrogen and oxygen atoms in total. The lowest BCUT2D eigenvalue weighted by molar-refractivity contribution is 0.0529. The highest BCUT2D eigenvalue weighted by Crippen LogP contribution is 2.34. The molecule has 1 aromatic rings. The van der Waals surface area contributed by atoms with Gasteiger partial charge in [-0.05, 0) is 39.7 Å². The number of rotatable bonds is 7. The lowest BCUT2D eigenvalue weighted by Gasteiger charge is -2.20. The molecule has 0 radical (unpaired) electrons. The predicted molar refractivity (Wildman–Crippen MR) is 111 cm³/mol. The molecule has 0 aromatic heterocycles. The number of ether oxygens (including phenoxy) is 2. The van der Waals surface area contributed by atoms with Gasteiger partial charge >= 0.3 is 6.09 Å². The molecule has 2 rings (SSSR count). The maximum absolute atomic E-state index is 11.7. The Kier molecular flexibility index (Phi) is 8.57. The molecule has 0 bridgehead atoms. The van der Waals surface area contributed by atoms with Gasteiger partial charge in [0.15, 0.2) is 5.96 Å². The number of alkyl carbamates (subject to hydrolysis) is 1. The van der Waals surface area contributed by atoms with Gasteiger partial charge in [0.2, 0.25) is 0 Å². The minimum absolute atomic E-state index is 0.0988. The van der Waals surface area contributed by atoms with Gasteiger partial charge < -0.3 is 25.4 Å². The number of carbonyl (C=O) groups excluding carboxylic acids is 1. The van der Waals surface area contributed by atoms with E-state index in [2.05, 4.69) is 28.1 Å². The number of benzene rings is 1. The van der Waals surface area contributed by atoms with Gasteiger partial charge in [0, 0.05) is 38.7 Å². The van der Waals surface area contributed by atoms with Crippen LogP contribution in [0.5, 0.6) is 0 Å². The molecule has 0 saturated carbocycles. The number of nitrogens with one attached hydrogen (secondary N) is 3. The fourth-order valence-corrected chi connectivity index (χ4v) is 3.04. The molecule has 2 unspecified atom stereocenters. The maximum Gasteiger partial charge on any atom is 0.407 e. The van der Waals surface area contributed by atoms with E-state index in [0.29, 0.717) is 25.6 Å². The Balaban J connectivity index is 1.80. The molecule has 1 fully saturated rings. The van der Waals surface area contributed by atoms with Gasteiger partial charge in [-0.1, -0.05) is 30.3 Å². The zero-order valence-corrected chi connectivity index (χ0v) is 17.5. The first kappa shape index (κ1) is 22.0. The SMILES string of the molecule is CCNC(=NCC1CCOC1c1ccccc1)NCCNC(=O)OC(C)(C)C. The molecular weight excluding hydrogens is 356 g/mol. The van der Waals surface area contributed by atoms with E-state index >= 15 is 0 Å². The number of hydrogen-bond acceptors (Lipinski definition) is 4. The van der Waals surface area contributed by atoms with E-state index in [-0.39, 0.29) is 6.10 Å². The average Bonchev–Trinajstić information content (AvgIpc) is 3.11. The first-order valence-corrected chi connectivity index (χ1v) is 10.0. The van der Waals surface area contributed by atoms with Crippen molar-refractivity contribution in [2.45, 2.75) is 45.8 Å². The molecule has 1 aliphatic rings. The quantitative estimate of drug-likeness (QED) is 0.379. The molecule has 28 heavy (non-hydrogen) atoms. The summed E-state index contributed by atoms with van der Waals surface area (Å²) in [6.45, 7) is 10.8. The second-order valence-corrected chi connectivity index (χ2v) is 7.83. The molecule has 1 amide bonds. The summed E-state index contributed by atoms with van der Waals surface area (Å²) in [6.07, 6.45) is 0.689. The Hall–Kier alpha value is -2.28. The van der Waals surface area contributed by atoms with Crippen molar-refractivity contribution in [3.05, 3.63) is 35.9 Å². The van der Waals surface area contributed by atoms with Crippen LogP contribution in [-0.4, -0.2) is 50.4 Å². The van der Waals surface area contributed by atoms with Crippen molar-refractivity contribution in [2.24, 2.45) is 10.9 Å². The van der Waals surface area contributed by atoms with Crippen molar-refractivity contribution >= 4 is 12.1 Å². The van der Waals surface area contributed by atoms with Crippen LogP contribution in [0.1, 0.15) is 45.8 Å². The summed E-state index contributed by atoms with van der Waals surface area (Å²) in [7, 11) is 0. The van der Waals surface area contributed by atoms with Gasteiger partial charge in [-0.2, -0.15) is 0 Å². The first-order chi connectivity index (χ1) is 13.4. The number of hydrogen-bond donors (Lipinski definition) is 3. The van der Waals surface area contributed by atoms with E-state index in [9.17, 15) is 4.79 Å². The standard InChI is InChI=1S/C21H34N4O3/c1-5-22-19(23-12-13-24-20(26)28-21(2,3)4)25-15-17-11-14-27-18(17)16-9-7-6-8-10-16/h6-10,17-18H,5,11-15H2,1-4H3,(H,24,26)(H2,22,23,25). The van der Waals surface area contributed by atoms with Crippen molar-refractivity contribution < 1.29 is 14.3 Å². The van der Waals surface area contributed by atoms with Crippen molar-refractivity contribution in [1.29, 1.82) is 0 Å². The fourth-order valence-electron chi connectivity index (χ4n) is 3.04. The third-order valence-corrected chi connectivity index (χ3v) is 4.26. The number of amides is 1. The Bertz CT molecular complexity index is 628. The topological polar surface area (TPSA) is 84.0 Å². The van der Waals surface area contributed by atoms with E-state index in [1.807, 2.05) is 45.9 Å². The predicted octanol–water partition coefficient (Wildman–Crippen LogP) is 2.84. The van der Waals surface area contributed by atoms with Crippen LogP contribution in [0.3, 0.4) is 0 Å². The molecule has 1 heterocycles. The minimum Gasteiger partial charge on any atom is -0.444 e. The molecule has 156 valence electrons. The average molecular weight is 391 g/mol. The summed E-state index contributed by atoms with van der Waals surface area (Å²) >= 11 is 0. The van der Waals surface area contributed by atoms with Crippen molar-refractivity contribution in [3.8, 4) is 0 Å². The van der Waals surface area contributed by atoms with Crippen molar-refractivity contribution in [1.82, 2.24) is 16.0 Å². The molecule has 0 aliphatic carbocycles. The molecule has 3 N–H and O–H groups in total. The summed E-state index contributed by atoms with van der Waals surface area (Å²) in [5.74, 6) is 1.10. The summed E-state index contributed by atoms with van der Waals surface area (Å²) < 4.78 is 11.2. The fraction of sp³-hybridized carbons (Fsp3) is 0.619. The second-order valence-electron chi connectivity index (χ2n) is 7.83. The first-order valence-electron chi connectivity index (χ1n) is 10.0. The largest absolute Gasteiger partial charge is 0.444 e. The van der Waals surface area contributed by atoms with Crippen LogP contribution in [0.4, 0.5) is 4.79 Å². The van der Waals surface area contributed by atoms with E-state index in [1.165, 1.54) is 5.56 Å². The molecule has 7 heteroatoms. The molecular formula is C21H34N4O3. The lowest BCUT2D eigenvalue weighted by atomic mass is 9.95. The van der Waals surface area contributed by atoms with Gasteiger partial charge in [-0.25, -0.2) is 4.79 Å². The van der Waals surface area contributed by atoms with Gasteiger partial charge in [0.1, 0.15) is 5.60 Å². The van der Waals surface area contributed by atoms with E-state index in [1.54, 1.807) is 0 Å². The third kappa shape index (κ3) is 7.76. The molecule has 1 aliphatic heterocycles. The van der Waals surface area contributed by atoms with Crippen molar-refractivity contribution in [3.63, 3.8) is 0 Å². The molecule has 2 atom stereocenters. The molecule has 1 aromatic carbocycles. The molecule has 1 saturated heterocycles. The summed E-state index contributed by atoms with van der Waals surface area (Å²) in [5.41, 5.74) is 0.715. The summed E-state index contributed by atoms with van der Waals surface area (Å²) in [6, 6.07) is 10.3. The number of aliphatic imine (C=N–C) groups is 1. The van der Waals surface area contributed by atoms with Crippen LogP contribution in [-0.2, 0) is 9.47 Å². The van der Waals surface area contributed by atoms with Crippen LogP contribution in [0.15, 0.2) is 35.3 Å². The van der Waals surface area contributed by atoms with Gasteiger partial charge in [-0.3, -0.25) is 4.99 Å². The Labute approximate surface area is 168 Å². The normalized spacial score (nSPS) is 19.9. The molecule has 0 spiro atoms. The van der Waals surface area contributed by atoms with Crippen LogP contribution >= 0.6 is 0 Å². The Morgan fingerprint density at radius 1 is 1.18 bits per heavy atom. The maximum atomic E-state index is 11.7. The highest BCUT2D eigenvalue weighted by atomic mass is 16.6. The van der Waals surface area contributed by atoms with E-state index in [4.69, 9.17) is 14.5 Å². The van der Waals surface area contributed by atoms with Gasteiger partial charge in [0.05, 0.1) is 6.10 Å². The van der Waals surface area contributed by atoms with E-state index < -0.39 is 11.7 Å². The number of guanidine groups is 1. The smallest absolute Gasteiger partial charge is 0.407 e. The lowest BCUT2D eigenvalue weighted by Crippen LogP contribution is -2.42. The summed E-state index contributed by atoms with van der Waals surface area (Å²) in [4.78, 5) is 16.4. The Morgan fingerprint density at radius 2 is 1.89 bits per heavy atom. The van der Waals surface area contributed by atoms with Crippen LogP contribution in [0.2, 0.25) is 0 Å². The van der Waals surface area contributed by atoms with Crippen LogP contribution in [0.25, 0.3) is 0 Å². The van der Waals surface area contributed by atoms with Crippen LogP contribution < -0.4 is 16.0 Å². The number of nitrogens with zero attached hydrogens (tertiary/aromatic N) is 1. The second kappa shape index (κ2) is 10.9.